The quantitative estimate of drug-likeness (QED) is 0.742. The molecule has 1 atom stereocenters. The lowest BCUT2D eigenvalue weighted by molar-refractivity contribution is 0.440. The summed E-state index contributed by atoms with van der Waals surface area (Å²) in [5.41, 5.74) is 1.00. The van der Waals surface area contributed by atoms with E-state index in [1.54, 1.807) is 12.3 Å². The van der Waals surface area contributed by atoms with Crippen molar-refractivity contribution in [2.24, 2.45) is 0 Å². The molecule has 4 heteroatoms. The molecule has 1 aromatic heterocycles. The third kappa shape index (κ3) is 4.97. The normalized spacial score (nSPS) is 12.5. The van der Waals surface area contributed by atoms with Gasteiger partial charge in [0.15, 0.2) is 0 Å². The first-order chi connectivity index (χ1) is 10.2. The molecule has 1 unspecified atom stereocenters. The maximum Gasteiger partial charge on any atom is 0.137 e. The van der Waals surface area contributed by atoms with Crippen LogP contribution in [-0.2, 0) is 12.8 Å². The van der Waals surface area contributed by atoms with Gasteiger partial charge in [-0.05, 0) is 65.5 Å². The lowest BCUT2D eigenvalue weighted by Crippen LogP contribution is -2.32. The van der Waals surface area contributed by atoms with E-state index < -0.39 is 0 Å². The first-order valence-electron chi connectivity index (χ1n) is 7.39. The fourth-order valence-electron chi connectivity index (χ4n) is 2.37. The van der Waals surface area contributed by atoms with Crippen LogP contribution in [0.3, 0.4) is 0 Å². The zero-order valence-electron chi connectivity index (χ0n) is 12.2. The molecule has 0 aliphatic heterocycles. The molecule has 0 radical (unpaired) electrons. The van der Waals surface area contributed by atoms with Gasteiger partial charge in [0.05, 0.1) is 10.7 Å². The molecule has 2 aromatic rings. The van der Waals surface area contributed by atoms with Crippen molar-refractivity contribution in [1.82, 2.24) is 5.32 Å². The summed E-state index contributed by atoms with van der Waals surface area (Å²) < 4.78 is 19.6. The first kappa shape index (κ1) is 16.2. The topological polar surface area (TPSA) is 25.2 Å². The second-order valence-corrected chi connectivity index (χ2v) is 5.98. The van der Waals surface area contributed by atoms with Gasteiger partial charge in [-0.15, -0.1) is 0 Å². The molecular weight excluding hydrogens is 333 g/mol. The van der Waals surface area contributed by atoms with E-state index in [1.807, 2.05) is 18.2 Å². The standard InChI is InChI=1S/C17H21BrFNO/c1-2-10-20-14(8-9-15-6-4-11-21-15)12-13-5-3-7-16(19)17(13)18/h3-7,11,14,20H,2,8-10,12H2,1H3. The fraction of sp³-hybridized carbons (Fsp3) is 0.412. The Balaban J connectivity index is 1.99. The van der Waals surface area contributed by atoms with Gasteiger partial charge in [0.25, 0.3) is 0 Å². The lowest BCUT2D eigenvalue weighted by Gasteiger charge is -2.19. The summed E-state index contributed by atoms with van der Waals surface area (Å²) in [6, 6.07) is 9.43. The molecule has 2 rings (SSSR count). The Bertz CT molecular complexity index is 542. The predicted octanol–water partition coefficient (Wildman–Crippen LogP) is 4.72. The SMILES string of the molecule is CCCNC(CCc1ccco1)Cc1cccc(F)c1Br. The van der Waals surface area contributed by atoms with E-state index in [0.717, 1.165) is 43.6 Å². The first-order valence-corrected chi connectivity index (χ1v) is 8.18. The third-order valence-corrected chi connectivity index (χ3v) is 4.39. The Morgan fingerprint density at radius 1 is 1.29 bits per heavy atom. The van der Waals surface area contributed by atoms with Crippen LogP contribution in [0.25, 0.3) is 0 Å². The molecule has 1 aromatic carbocycles. The van der Waals surface area contributed by atoms with Crippen LogP contribution in [0.5, 0.6) is 0 Å². The molecule has 114 valence electrons. The molecule has 1 heterocycles. The Morgan fingerprint density at radius 2 is 2.14 bits per heavy atom. The van der Waals surface area contributed by atoms with Crippen LogP contribution in [0.15, 0.2) is 45.5 Å². The monoisotopic (exact) mass is 353 g/mol. The minimum Gasteiger partial charge on any atom is -0.469 e. The van der Waals surface area contributed by atoms with Gasteiger partial charge in [-0.3, -0.25) is 0 Å². The molecule has 0 aliphatic rings. The zero-order valence-corrected chi connectivity index (χ0v) is 13.8. The molecule has 0 fully saturated rings. The molecule has 0 saturated carbocycles. The van der Waals surface area contributed by atoms with Crippen LogP contribution in [0, 0.1) is 5.82 Å². The highest BCUT2D eigenvalue weighted by Crippen LogP contribution is 2.22. The van der Waals surface area contributed by atoms with Crippen LogP contribution in [0.2, 0.25) is 0 Å². The number of halogens is 2. The van der Waals surface area contributed by atoms with Crippen molar-refractivity contribution >= 4 is 15.9 Å². The van der Waals surface area contributed by atoms with Crippen LogP contribution < -0.4 is 5.32 Å². The Labute approximate surface area is 133 Å². The van der Waals surface area contributed by atoms with E-state index >= 15 is 0 Å². The second-order valence-electron chi connectivity index (χ2n) is 5.19. The molecule has 0 bridgehead atoms. The van der Waals surface area contributed by atoms with Crippen molar-refractivity contribution < 1.29 is 8.81 Å². The Morgan fingerprint density at radius 3 is 2.86 bits per heavy atom. The van der Waals surface area contributed by atoms with Crippen molar-refractivity contribution in [3.8, 4) is 0 Å². The molecule has 21 heavy (non-hydrogen) atoms. The molecule has 0 spiro atoms. The van der Waals surface area contributed by atoms with Crippen molar-refractivity contribution in [2.75, 3.05) is 6.54 Å². The zero-order chi connectivity index (χ0) is 15.1. The van der Waals surface area contributed by atoms with Crippen LogP contribution in [0.1, 0.15) is 31.1 Å². The van der Waals surface area contributed by atoms with E-state index in [0.29, 0.717) is 10.5 Å². The third-order valence-electron chi connectivity index (χ3n) is 3.50. The van der Waals surface area contributed by atoms with Gasteiger partial charge < -0.3 is 9.73 Å². The smallest absolute Gasteiger partial charge is 0.137 e. The van der Waals surface area contributed by atoms with E-state index in [9.17, 15) is 4.39 Å². The molecule has 0 aliphatic carbocycles. The maximum atomic E-state index is 13.6. The van der Waals surface area contributed by atoms with E-state index in [1.165, 1.54) is 6.07 Å². The van der Waals surface area contributed by atoms with Crippen molar-refractivity contribution in [3.05, 3.63) is 58.2 Å². The van der Waals surface area contributed by atoms with Gasteiger partial charge in [0.1, 0.15) is 11.6 Å². The summed E-state index contributed by atoms with van der Waals surface area (Å²) in [6.07, 6.45) is 5.45. The predicted molar refractivity (Wildman–Crippen MR) is 86.9 cm³/mol. The molecule has 2 nitrogen and oxygen atoms in total. The number of nitrogens with one attached hydrogen (secondary N) is 1. The molecule has 1 N–H and O–H groups in total. The van der Waals surface area contributed by atoms with Gasteiger partial charge in [-0.25, -0.2) is 4.39 Å². The summed E-state index contributed by atoms with van der Waals surface area (Å²) in [5.74, 6) is 0.796. The minimum absolute atomic E-state index is 0.201. The van der Waals surface area contributed by atoms with Gasteiger partial charge in [0, 0.05) is 12.5 Å². The summed E-state index contributed by atoms with van der Waals surface area (Å²) >= 11 is 3.35. The number of benzene rings is 1. The number of hydrogen-bond donors (Lipinski definition) is 1. The molecule has 0 amide bonds. The van der Waals surface area contributed by atoms with E-state index in [4.69, 9.17) is 4.42 Å². The van der Waals surface area contributed by atoms with Gasteiger partial charge in [0.2, 0.25) is 0 Å². The highest BCUT2D eigenvalue weighted by atomic mass is 79.9. The Kier molecular flexibility index (Phi) is 6.46. The fourth-order valence-corrected chi connectivity index (χ4v) is 2.79. The Hall–Kier alpha value is -1.13. The van der Waals surface area contributed by atoms with Crippen LogP contribution in [0.4, 0.5) is 4.39 Å². The summed E-state index contributed by atoms with van der Waals surface area (Å²) in [4.78, 5) is 0. The number of hydrogen-bond acceptors (Lipinski definition) is 2. The average molecular weight is 354 g/mol. The second kappa shape index (κ2) is 8.35. The van der Waals surface area contributed by atoms with Crippen LogP contribution >= 0.6 is 15.9 Å². The van der Waals surface area contributed by atoms with E-state index in [2.05, 4.69) is 28.2 Å². The summed E-state index contributed by atoms with van der Waals surface area (Å²) in [6.45, 7) is 3.12. The number of furan rings is 1. The highest BCUT2D eigenvalue weighted by molar-refractivity contribution is 9.10. The molecule has 0 saturated heterocycles. The van der Waals surface area contributed by atoms with Crippen molar-refractivity contribution in [3.63, 3.8) is 0 Å². The van der Waals surface area contributed by atoms with Crippen LogP contribution in [-0.4, -0.2) is 12.6 Å². The number of rotatable bonds is 8. The summed E-state index contributed by atoms with van der Waals surface area (Å²) in [7, 11) is 0. The van der Waals surface area contributed by atoms with Crippen molar-refractivity contribution in [1.29, 1.82) is 0 Å². The summed E-state index contributed by atoms with van der Waals surface area (Å²) in [5, 5.41) is 3.54. The highest BCUT2D eigenvalue weighted by Gasteiger charge is 2.13. The van der Waals surface area contributed by atoms with Gasteiger partial charge >= 0.3 is 0 Å². The largest absolute Gasteiger partial charge is 0.469 e. The minimum atomic E-state index is -0.201. The van der Waals surface area contributed by atoms with Crippen molar-refractivity contribution in [2.45, 2.75) is 38.6 Å². The van der Waals surface area contributed by atoms with Gasteiger partial charge in [-0.1, -0.05) is 19.1 Å². The van der Waals surface area contributed by atoms with E-state index in [-0.39, 0.29) is 5.82 Å². The average Bonchev–Trinajstić information content (AvgIpc) is 2.99. The molecular formula is C17H21BrFNO. The number of aryl methyl sites for hydroxylation is 1. The maximum absolute atomic E-state index is 13.6. The van der Waals surface area contributed by atoms with Gasteiger partial charge in [-0.2, -0.15) is 0 Å². The lowest BCUT2D eigenvalue weighted by atomic mass is 10.0.